The van der Waals surface area contributed by atoms with Crippen LogP contribution < -0.4 is 56.7 Å². The maximum Gasteiger partial charge on any atom is 1.00 e. The number of benzene rings is 1. The van der Waals surface area contributed by atoms with Gasteiger partial charge in [-0.05, 0) is 12.5 Å². The third kappa shape index (κ3) is 5.52. The van der Waals surface area contributed by atoms with Crippen LogP contribution in [0.3, 0.4) is 0 Å². The molecule has 0 saturated carbocycles. The van der Waals surface area contributed by atoms with Crippen molar-refractivity contribution in [2.75, 3.05) is 0 Å². The molecule has 1 aliphatic carbocycles. The summed E-state index contributed by atoms with van der Waals surface area (Å²) in [6.45, 7) is 3.72. The number of fused-ring (bicyclic) bond motifs is 1. The standard InChI is InChI=1S/C20H19Cl2N3.CH3.K/c21-18-7-2-1-4-14(18)11-24-15-5-3-6-16(10-15)25-12-17-19(22)8-9-23-20(17)13-25;;/h1-2,4,7-9,11,16,24H,3,6,10,12-13H2;1H3;/q-2;-1;+1. The number of pyridine rings is 1. The molecule has 3 nitrogen and oxygen atoms in total. The fraction of sp³-hybridized carbons (Fsp3) is 0.286. The van der Waals surface area contributed by atoms with Crippen molar-refractivity contribution in [2.24, 2.45) is 0 Å². The molecule has 1 unspecified atom stereocenters. The van der Waals surface area contributed by atoms with E-state index in [4.69, 9.17) is 23.2 Å². The molecule has 0 amide bonds. The normalized spacial score (nSPS) is 18.6. The first-order chi connectivity index (χ1) is 12.2. The molecule has 0 spiro atoms. The van der Waals surface area contributed by atoms with Gasteiger partial charge >= 0.3 is 51.4 Å². The van der Waals surface area contributed by atoms with Gasteiger partial charge in [0, 0.05) is 35.9 Å². The average molecular weight is 426 g/mol. The summed E-state index contributed by atoms with van der Waals surface area (Å²) in [5.41, 5.74) is 4.42. The zero-order chi connectivity index (χ0) is 17.2. The van der Waals surface area contributed by atoms with Crippen molar-refractivity contribution in [2.45, 2.75) is 38.4 Å². The summed E-state index contributed by atoms with van der Waals surface area (Å²) >= 11 is 12.5. The molecule has 0 bridgehead atoms. The third-order valence-electron chi connectivity index (χ3n) is 4.88. The predicted octanol–water partition coefficient (Wildman–Crippen LogP) is 2.20. The van der Waals surface area contributed by atoms with Gasteiger partial charge in [0.05, 0.1) is 5.69 Å². The smallest absolute Gasteiger partial charge is 0.477 e. The van der Waals surface area contributed by atoms with Crippen LogP contribution in [0.2, 0.25) is 10.0 Å². The molecule has 2 heterocycles. The van der Waals surface area contributed by atoms with Crippen molar-refractivity contribution < 1.29 is 51.4 Å². The zero-order valence-electron chi connectivity index (χ0n) is 15.8. The molecule has 1 aromatic heterocycles. The monoisotopic (exact) mass is 425 g/mol. The van der Waals surface area contributed by atoms with Crippen molar-refractivity contribution in [3.63, 3.8) is 0 Å². The number of halogens is 2. The fourth-order valence-electron chi connectivity index (χ4n) is 3.50. The van der Waals surface area contributed by atoms with Gasteiger partial charge in [-0.2, -0.15) is 35.3 Å². The Balaban J connectivity index is 0.00000131. The summed E-state index contributed by atoms with van der Waals surface area (Å²) in [5, 5.41) is 4.97. The Morgan fingerprint density at radius 2 is 1.96 bits per heavy atom. The molecule has 1 aromatic carbocycles. The number of rotatable bonds is 4. The fourth-order valence-corrected chi connectivity index (χ4v) is 3.92. The van der Waals surface area contributed by atoms with E-state index in [1.807, 2.05) is 36.9 Å². The maximum atomic E-state index is 6.32. The van der Waals surface area contributed by atoms with Crippen LogP contribution in [-0.2, 0) is 13.1 Å². The van der Waals surface area contributed by atoms with Crippen molar-refractivity contribution in [1.82, 2.24) is 15.2 Å². The number of hydrogen-bond donors (Lipinski definition) is 1. The minimum atomic E-state index is 0. The van der Waals surface area contributed by atoms with Crippen LogP contribution in [0.1, 0.15) is 36.1 Å². The van der Waals surface area contributed by atoms with E-state index < -0.39 is 0 Å². The number of aromatic nitrogens is 1. The summed E-state index contributed by atoms with van der Waals surface area (Å²) in [6.07, 6.45) is 8.27. The Hall–Kier alpha value is -0.0436. The van der Waals surface area contributed by atoms with E-state index in [2.05, 4.69) is 21.3 Å². The molecule has 0 radical (unpaired) electrons. The van der Waals surface area contributed by atoms with Crippen LogP contribution in [0.5, 0.6) is 0 Å². The third-order valence-corrected chi connectivity index (χ3v) is 5.58. The van der Waals surface area contributed by atoms with Gasteiger partial charge in [0.25, 0.3) is 0 Å². The average Bonchev–Trinajstić information content (AvgIpc) is 3.07. The molecule has 138 valence electrons. The van der Waals surface area contributed by atoms with E-state index in [-0.39, 0.29) is 58.8 Å². The summed E-state index contributed by atoms with van der Waals surface area (Å²) < 4.78 is 0. The van der Waals surface area contributed by atoms with Crippen LogP contribution in [0.4, 0.5) is 0 Å². The Bertz CT molecular complexity index is 810. The Kier molecular flexibility index (Phi) is 9.17. The first-order valence-electron chi connectivity index (χ1n) is 8.51. The van der Waals surface area contributed by atoms with Crippen molar-refractivity contribution in [1.29, 1.82) is 0 Å². The molecule has 4 rings (SSSR count). The van der Waals surface area contributed by atoms with Crippen LogP contribution >= 0.6 is 23.2 Å². The van der Waals surface area contributed by atoms with E-state index in [1.165, 1.54) is 5.56 Å². The van der Waals surface area contributed by atoms with Gasteiger partial charge < -0.3 is 18.8 Å². The number of nitrogens with one attached hydrogen (secondary N) is 1. The number of allylic oxidation sites excluding steroid dienone is 1. The summed E-state index contributed by atoms with van der Waals surface area (Å²) in [5.74, 6) is 0. The van der Waals surface area contributed by atoms with Gasteiger partial charge in [-0.15, -0.1) is 18.7 Å². The van der Waals surface area contributed by atoms with Gasteiger partial charge in [0.1, 0.15) is 0 Å². The molecular weight excluding hydrogens is 404 g/mol. The number of nitrogens with zero attached hydrogens (tertiary/aromatic N) is 2. The molecule has 2 aromatic rings. The largest absolute Gasteiger partial charge is 1.00 e. The van der Waals surface area contributed by atoms with Crippen molar-refractivity contribution >= 4 is 23.2 Å². The van der Waals surface area contributed by atoms with E-state index >= 15 is 0 Å². The first-order valence-corrected chi connectivity index (χ1v) is 9.26. The second-order valence-corrected chi connectivity index (χ2v) is 7.30. The second-order valence-electron chi connectivity index (χ2n) is 6.49. The minimum Gasteiger partial charge on any atom is -0.477 e. The quantitative estimate of drug-likeness (QED) is 0.600. The molecule has 27 heavy (non-hydrogen) atoms. The molecule has 1 aliphatic heterocycles. The Morgan fingerprint density at radius 1 is 1.15 bits per heavy atom. The SMILES string of the molecule is Clc1ccccc1[CH-]NC1=[C-]CCC(N2Cc3nccc(Cl)c3C2)C1.[CH3-].[K+]. The van der Waals surface area contributed by atoms with Gasteiger partial charge in [-0.3, -0.25) is 9.88 Å². The second kappa shape index (κ2) is 10.7. The van der Waals surface area contributed by atoms with Gasteiger partial charge in [0.2, 0.25) is 0 Å². The van der Waals surface area contributed by atoms with Crippen LogP contribution in [0.15, 0.2) is 42.2 Å². The van der Waals surface area contributed by atoms with E-state index in [0.29, 0.717) is 6.04 Å². The molecule has 6 heteroatoms. The number of hydrogen-bond acceptors (Lipinski definition) is 3. The topological polar surface area (TPSA) is 28.2 Å². The molecule has 2 aliphatic rings. The molecule has 0 saturated heterocycles. The Labute approximate surface area is 215 Å². The predicted molar refractivity (Wildman–Crippen MR) is 107 cm³/mol. The van der Waals surface area contributed by atoms with E-state index in [9.17, 15) is 0 Å². The summed E-state index contributed by atoms with van der Waals surface area (Å²) in [6, 6.07) is 10.2. The van der Waals surface area contributed by atoms with Crippen molar-refractivity contribution in [3.05, 3.63) is 89.1 Å². The van der Waals surface area contributed by atoms with Crippen molar-refractivity contribution in [3.8, 4) is 0 Å². The maximum absolute atomic E-state index is 6.32. The van der Waals surface area contributed by atoms with Gasteiger partial charge in [0.15, 0.2) is 0 Å². The minimum absolute atomic E-state index is 0. The summed E-state index contributed by atoms with van der Waals surface area (Å²) in [4.78, 5) is 6.96. The van der Waals surface area contributed by atoms with Crippen LogP contribution in [-0.4, -0.2) is 15.9 Å². The Morgan fingerprint density at radius 3 is 2.74 bits per heavy atom. The first kappa shape index (κ1) is 23.2. The van der Waals surface area contributed by atoms with E-state index in [0.717, 1.165) is 59.4 Å². The summed E-state index contributed by atoms with van der Waals surface area (Å²) in [7, 11) is 0. The van der Waals surface area contributed by atoms with Gasteiger partial charge in [-0.1, -0.05) is 29.1 Å². The van der Waals surface area contributed by atoms with Crippen LogP contribution in [0.25, 0.3) is 0 Å². The molecular formula is C21H22Cl2KN3-2. The van der Waals surface area contributed by atoms with Gasteiger partial charge in [-0.25, -0.2) is 0 Å². The molecule has 1 N–H and O–H groups in total. The molecule has 0 fully saturated rings. The van der Waals surface area contributed by atoms with E-state index in [1.54, 1.807) is 6.20 Å². The molecule has 1 atom stereocenters. The van der Waals surface area contributed by atoms with Crippen LogP contribution in [0, 0.1) is 20.0 Å². The zero-order valence-corrected chi connectivity index (χ0v) is 20.4.